The molecule has 0 aliphatic rings. The van der Waals surface area contributed by atoms with Crippen molar-refractivity contribution in [2.75, 3.05) is 14.2 Å². The number of nitrogens with zero attached hydrogens (tertiary/aromatic N) is 3. The second kappa shape index (κ2) is 7.79. The van der Waals surface area contributed by atoms with Gasteiger partial charge in [0.2, 0.25) is 0 Å². The molecule has 4 aromatic rings. The van der Waals surface area contributed by atoms with Crippen LogP contribution >= 0.6 is 0 Å². The van der Waals surface area contributed by atoms with E-state index in [0.29, 0.717) is 16.9 Å². The zero-order valence-corrected chi connectivity index (χ0v) is 16.7. The van der Waals surface area contributed by atoms with Gasteiger partial charge in [0.15, 0.2) is 5.69 Å². The maximum absolute atomic E-state index is 12.8. The summed E-state index contributed by atoms with van der Waals surface area (Å²) in [5, 5.41) is 5.47. The normalized spacial score (nSPS) is 10.8. The lowest BCUT2D eigenvalue weighted by Gasteiger charge is -2.08. The van der Waals surface area contributed by atoms with Crippen LogP contribution in [-0.4, -0.2) is 40.9 Å². The molecular formula is C23H19N3O4. The van der Waals surface area contributed by atoms with Gasteiger partial charge < -0.3 is 9.47 Å². The number of hydrogen-bond donors (Lipinski definition) is 0. The first-order chi connectivity index (χ1) is 14.6. The predicted molar refractivity (Wildman–Crippen MR) is 112 cm³/mol. The van der Waals surface area contributed by atoms with Gasteiger partial charge in [-0.2, -0.15) is 5.10 Å². The third-order valence-corrected chi connectivity index (χ3v) is 4.88. The average molecular weight is 401 g/mol. The summed E-state index contributed by atoms with van der Waals surface area (Å²) in [5.74, 6) is -1.36. The number of aromatic nitrogens is 3. The number of aryl methyl sites for hydroxylation is 1. The summed E-state index contributed by atoms with van der Waals surface area (Å²) >= 11 is 0. The smallest absolute Gasteiger partial charge is 0.357 e. The molecule has 150 valence electrons. The van der Waals surface area contributed by atoms with E-state index in [-0.39, 0.29) is 11.3 Å². The molecule has 0 bridgehead atoms. The molecule has 2 aromatic carbocycles. The maximum atomic E-state index is 12.8. The van der Waals surface area contributed by atoms with Crippen LogP contribution in [0.2, 0.25) is 0 Å². The van der Waals surface area contributed by atoms with Gasteiger partial charge in [-0.25, -0.2) is 14.3 Å². The Kier molecular flexibility index (Phi) is 5.02. The number of pyridine rings is 1. The molecule has 4 rings (SSSR count). The number of benzene rings is 2. The van der Waals surface area contributed by atoms with Gasteiger partial charge in [0, 0.05) is 17.1 Å². The van der Waals surface area contributed by atoms with E-state index in [1.165, 1.54) is 18.9 Å². The molecule has 7 nitrogen and oxygen atoms in total. The van der Waals surface area contributed by atoms with Gasteiger partial charge in [-0.15, -0.1) is 0 Å². The van der Waals surface area contributed by atoms with Crippen molar-refractivity contribution in [2.24, 2.45) is 0 Å². The topological polar surface area (TPSA) is 83.3 Å². The summed E-state index contributed by atoms with van der Waals surface area (Å²) < 4.78 is 11.4. The fourth-order valence-electron chi connectivity index (χ4n) is 3.46. The predicted octanol–water partition coefficient (Wildman–Crippen LogP) is 3.97. The highest BCUT2D eigenvalue weighted by molar-refractivity contribution is 6.09. The van der Waals surface area contributed by atoms with E-state index < -0.39 is 11.9 Å². The molecule has 7 heteroatoms. The summed E-state index contributed by atoms with van der Waals surface area (Å²) in [5.41, 5.74) is 3.44. The Morgan fingerprint density at radius 1 is 0.900 bits per heavy atom. The number of carbonyl (C=O) groups is 2. The molecule has 0 amide bonds. The quantitative estimate of drug-likeness (QED) is 0.481. The van der Waals surface area contributed by atoms with E-state index in [2.05, 4.69) is 10.1 Å². The van der Waals surface area contributed by atoms with Gasteiger partial charge in [-0.05, 0) is 30.7 Å². The Bertz CT molecular complexity index is 1260. The molecular weight excluding hydrogens is 382 g/mol. The van der Waals surface area contributed by atoms with Crippen LogP contribution in [-0.2, 0) is 9.47 Å². The molecule has 0 saturated carbocycles. The minimum Gasteiger partial charge on any atom is -0.465 e. The van der Waals surface area contributed by atoms with E-state index in [1.54, 1.807) is 18.3 Å². The highest BCUT2D eigenvalue weighted by atomic mass is 16.5. The van der Waals surface area contributed by atoms with Gasteiger partial charge in [-0.1, -0.05) is 36.4 Å². The minimum absolute atomic E-state index is 0.00293. The van der Waals surface area contributed by atoms with Crippen LogP contribution in [0.1, 0.15) is 26.4 Å². The van der Waals surface area contributed by atoms with E-state index in [1.807, 2.05) is 49.4 Å². The van der Waals surface area contributed by atoms with Crippen molar-refractivity contribution in [3.05, 3.63) is 77.6 Å². The third-order valence-electron chi connectivity index (χ3n) is 4.88. The second-order valence-corrected chi connectivity index (χ2v) is 6.63. The van der Waals surface area contributed by atoms with Crippen LogP contribution in [0.5, 0.6) is 0 Å². The van der Waals surface area contributed by atoms with Crippen molar-refractivity contribution in [3.8, 4) is 16.9 Å². The number of hydrogen-bond acceptors (Lipinski definition) is 6. The number of para-hydroxylation sites is 1. The molecule has 30 heavy (non-hydrogen) atoms. The Balaban J connectivity index is 2.11. The van der Waals surface area contributed by atoms with Gasteiger partial charge in [0.05, 0.1) is 25.4 Å². The molecule has 2 aromatic heterocycles. The average Bonchev–Trinajstić information content (AvgIpc) is 3.19. The fourth-order valence-corrected chi connectivity index (χ4v) is 3.46. The number of methoxy groups -OCH3 is 2. The van der Waals surface area contributed by atoms with Crippen molar-refractivity contribution in [3.63, 3.8) is 0 Å². The zero-order valence-electron chi connectivity index (χ0n) is 16.7. The molecule has 2 heterocycles. The summed E-state index contributed by atoms with van der Waals surface area (Å²) in [6.45, 7) is 1.96. The zero-order chi connectivity index (χ0) is 21.3. The highest BCUT2D eigenvalue weighted by Crippen LogP contribution is 2.34. The Labute approximate surface area is 172 Å². The van der Waals surface area contributed by atoms with E-state index in [4.69, 9.17) is 9.47 Å². The van der Waals surface area contributed by atoms with E-state index in [9.17, 15) is 9.59 Å². The first kappa shape index (κ1) is 19.3. The molecule has 0 radical (unpaired) electrons. The van der Waals surface area contributed by atoms with Crippen LogP contribution in [0.15, 0.2) is 60.8 Å². The van der Waals surface area contributed by atoms with Crippen LogP contribution < -0.4 is 0 Å². The monoisotopic (exact) mass is 401 g/mol. The first-order valence-electron chi connectivity index (χ1n) is 9.26. The molecule has 0 fully saturated rings. The molecule has 0 N–H and O–H groups in total. The standard InChI is InChI=1S/C23H19N3O4/c1-14-11-12-17(16-10-7-13-24-19(14)16)20-18(22(27)29-2)21(23(28)30-3)26(25-20)15-8-5-4-6-9-15/h4-13H,1-3H3. The molecule has 0 spiro atoms. The van der Waals surface area contributed by atoms with E-state index in [0.717, 1.165) is 16.5 Å². The van der Waals surface area contributed by atoms with Crippen molar-refractivity contribution < 1.29 is 19.1 Å². The lowest BCUT2D eigenvalue weighted by molar-refractivity contribution is 0.0549. The Morgan fingerprint density at radius 3 is 2.33 bits per heavy atom. The van der Waals surface area contributed by atoms with Crippen LogP contribution in [0.3, 0.4) is 0 Å². The van der Waals surface area contributed by atoms with E-state index >= 15 is 0 Å². The Hall–Kier alpha value is -4.00. The molecule has 0 aliphatic carbocycles. The van der Waals surface area contributed by atoms with Crippen molar-refractivity contribution in [1.82, 2.24) is 14.8 Å². The van der Waals surface area contributed by atoms with Crippen LogP contribution in [0.4, 0.5) is 0 Å². The summed E-state index contributed by atoms with van der Waals surface area (Å²) in [6.07, 6.45) is 1.71. The molecule has 0 unspecified atom stereocenters. The van der Waals surface area contributed by atoms with Crippen molar-refractivity contribution >= 4 is 22.8 Å². The summed E-state index contributed by atoms with van der Waals surface area (Å²) in [7, 11) is 2.53. The van der Waals surface area contributed by atoms with Gasteiger partial charge >= 0.3 is 11.9 Å². The number of carbonyl (C=O) groups excluding carboxylic acids is 2. The lowest BCUT2D eigenvalue weighted by atomic mass is 9.99. The fraction of sp³-hybridized carbons (Fsp3) is 0.130. The number of esters is 2. The molecule has 0 aliphatic heterocycles. The SMILES string of the molecule is COC(=O)c1c(-c2ccc(C)c3ncccc23)nn(-c2ccccc2)c1C(=O)OC. The largest absolute Gasteiger partial charge is 0.465 e. The van der Waals surface area contributed by atoms with Gasteiger partial charge in [0.1, 0.15) is 11.3 Å². The Morgan fingerprint density at radius 2 is 1.63 bits per heavy atom. The first-order valence-corrected chi connectivity index (χ1v) is 9.26. The minimum atomic E-state index is -0.687. The van der Waals surface area contributed by atoms with Crippen molar-refractivity contribution in [1.29, 1.82) is 0 Å². The third kappa shape index (κ3) is 3.10. The van der Waals surface area contributed by atoms with Gasteiger partial charge in [-0.3, -0.25) is 4.98 Å². The second-order valence-electron chi connectivity index (χ2n) is 6.63. The lowest BCUT2D eigenvalue weighted by Crippen LogP contribution is -2.15. The molecule has 0 saturated heterocycles. The number of fused-ring (bicyclic) bond motifs is 1. The van der Waals surface area contributed by atoms with Crippen molar-refractivity contribution in [2.45, 2.75) is 6.92 Å². The number of rotatable bonds is 4. The highest BCUT2D eigenvalue weighted by Gasteiger charge is 2.32. The van der Waals surface area contributed by atoms with Crippen LogP contribution in [0, 0.1) is 6.92 Å². The van der Waals surface area contributed by atoms with Gasteiger partial charge in [0.25, 0.3) is 0 Å². The molecule has 0 atom stereocenters. The summed E-state index contributed by atoms with van der Waals surface area (Å²) in [6, 6.07) is 16.6. The van der Waals surface area contributed by atoms with Crippen LogP contribution in [0.25, 0.3) is 27.8 Å². The summed E-state index contributed by atoms with van der Waals surface area (Å²) in [4.78, 5) is 30.0. The number of ether oxygens (including phenoxy) is 2. The maximum Gasteiger partial charge on any atom is 0.357 e.